The van der Waals surface area contributed by atoms with Crippen molar-refractivity contribution in [3.8, 4) is 5.75 Å². The fourth-order valence-electron chi connectivity index (χ4n) is 3.22. The maximum atomic E-state index is 5.41. The van der Waals surface area contributed by atoms with Gasteiger partial charge in [-0.2, -0.15) is 4.98 Å². The zero-order chi connectivity index (χ0) is 20.6. The van der Waals surface area contributed by atoms with Crippen LogP contribution in [0, 0.1) is 6.92 Å². The fraction of sp³-hybridized carbons (Fsp3) is 0.304. The van der Waals surface area contributed by atoms with Gasteiger partial charge in [0.25, 0.3) is 0 Å². The number of aromatic nitrogens is 2. The first-order chi connectivity index (χ1) is 14.1. The summed E-state index contributed by atoms with van der Waals surface area (Å²) in [5.41, 5.74) is 4.14. The molecule has 0 amide bonds. The zero-order valence-corrected chi connectivity index (χ0v) is 17.6. The minimum Gasteiger partial charge on any atom is -0.496 e. The Hall–Kier alpha value is -3.28. The summed E-state index contributed by atoms with van der Waals surface area (Å²) in [6.07, 6.45) is 0. The first-order valence-electron chi connectivity index (χ1n) is 9.96. The van der Waals surface area contributed by atoms with E-state index >= 15 is 0 Å². The van der Waals surface area contributed by atoms with Crippen LogP contribution in [0.4, 0.5) is 23.1 Å². The van der Waals surface area contributed by atoms with E-state index in [2.05, 4.69) is 63.6 Å². The van der Waals surface area contributed by atoms with Crippen molar-refractivity contribution < 1.29 is 4.74 Å². The van der Waals surface area contributed by atoms with E-state index in [0.717, 1.165) is 41.6 Å². The number of anilines is 4. The topological polar surface area (TPSA) is 62.3 Å². The van der Waals surface area contributed by atoms with Crippen LogP contribution in [0.5, 0.6) is 5.75 Å². The second-order valence-corrected chi connectivity index (χ2v) is 6.73. The Kier molecular flexibility index (Phi) is 6.89. The molecule has 0 radical (unpaired) electrons. The average molecular weight is 392 g/mol. The van der Waals surface area contributed by atoms with Gasteiger partial charge < -0.3 is 20.3 Å². The number of para-hydroxylation sites is 1. The predicted molar refractivity (Wildman–Crippen MR) is 120 cm³/mol. The Balaban J connectivity index is 1.70. The average Bonchev–Trinajstić information content (AvgIpc) is 2.74. The van der Waals surface area contributed by atoms with Gasteiger partial charge in [-0.15, -0.1) is 0 Å². The maximum Gasteiger partial charge on any atom is 0.229 e. The van der Waals surface area contributed by atoms with Gasteiger partial charge in [0, 0.05) is 48.3 Å². The molecule has 0 bridgehead atoms. The van der Waals surface area contributed by atoms with Gasteiger partial charge in [0.2, 0.25) is 5.95 Å². The van der Waals surface area contributed by atoms with Crippen LogP contribution in [-0.2, 0) is 6.54 Å². The summed E-state index contributed by atoms with van der Waals surface area (Å²) in [6.45, 7) is 8.89. The highest BCUT2D eigenvalue weighted by atomic mass is 16.5. The first kappa shape index (κ1) is 20.5. The quantitative estimate of drug-likeness (QED) is 0.535. The van der Waals surface area contributed by atoms with Gasteiger partial charge >= 0.3 is 0 Å². The van der Waals surface area contributed by atoms with E-state index in [-0.39, 0.29) is 0 Å². The summed E-state index contributed by atoms with van der Waals surface area (Å²) in [5.74, 6) is 2.20. The number of aryl methyl sites for hydroxylation is 1. The first-order valence-corrected chi connectivity index (χ1v) is 9.96. The number of hydrogen-bond donors (Lipinski definition) is 2. The molecule has 0 unspecified atom stereocenters. The molecule has 0 spiro atoms. The molecule has 0 saturated carbocycles. The summed E-state index contributed by atoms with van der Waals surface area (Å²) in [4.78, 5) is 11.4. The number of nitrogens with one attached hydrogen (secondary N) is 2. The Morgan fingerprint density at radius 3 is 2.38 bits per heavy atom. The van der Waals surface area contributed by atoms with Gasteiger partial charge in [-0.3, -0.25) is 0 Å². The lowest BCUT2D eigenvalue weighted by Crippen LogP contribution is -2.21. The third-order valence-electron chi connectivity index (χ3n) is 4.76. The van der Waals surface area contributed by atoms with Crippen LogP contribution < -0.4 is 20.3 Å². The van der Waals surface area contributed by atoms with Crippen molar-refractivity contribution in [3.63, 3.8) is 0 Å². The highest BCUT2D eigenvalue weighted by Crippen LogP contribution is 2.22. The van der Waals surface area contributed by atoms with E-state index in [1.165, 1.54) is 5.69 Å². The molecule has 6 heteroatoms. The molecular weight excluding hydrogens is 362 g/mol. The number of hydrogen-bond acceptors (Lipinski definition) is 6. The van der Waals surface area contributed by atoms with Crippen molar-refractivity contribution in [1.82, 2.24) is 9.97 Å². The monoisotopic (exact) mass is 391 g/mol. The molecule has 29 heavy (non-hydrogen) atoms. The van der Waals surface area contributed by atoms with Crippen LogP contribution in [0.2, 0.25) is 0 Å². The summed E-state index contributed by atoms with van der Waals surface area (Å²) in [5, 5.41) is 6.67. The van der Waals surface area contributed by atoms with Gasteiger partial charge in [-0.25, -0.2) is 4.98 Å². The summed E-state index contributed by atoms with van der Waals surface area (Å²) in [6, 6.07) is 18.2. The number of benzene rings is 2. The van der Waals surface area contributed by atoms with Crippen LogP contribution in [0.1, 0.15) is 25.1 Å². The van der Waals surface area contributed by atoms with Gasteiger partial charge in [-0.1, -0.05) is 18.2 Å². The largest absolute Gasteiger partial charge is 0.496 e. The zero-order valence-electron chi connectivity index (χ0n) is 17.6. The van der Waals surface area contributed by atoms with Crippen LogP contribution in [-0.4, -0.2) is 30.2 Å². The Bertz CT molecular complexity index is 923. The smallest absolute Gasteiger partial charge is 0.229 e. The molecule has 0 atom stereocenters. The normalized spacial score (nSPS) is 10.5. The lowest BCUT2D eigenvalue weighted by molar-refractivity contribution is 0.410. The summed E-state index contributed by atoms with van der Waals surface area (Å²) < 4.78 is 5.41. The molecule has 0 saturated heterocycles. The van der Waals surface area contributed by atoms with E-state index < -0.39 is 0 Å². The van der Waals surface area contributed by atoms with Gasteiger partial charge in [-0.05, 0) is 51.1 Å². The predicted octanol–water partition coefficient (Wildman–Crippen LogP) is 5.00. The van der Waals surface area contributed by atoms with E-state index in [1.54, 1.807) is 7.11 Å². The third kappa shape index (κ3) is 5.38. The SMILES string of the molecule is CCN(CC)c1ccc(Nc2nc(C)cc(NCc3ccccc3OC)n2)cc1. The van der Waals surface area contributed by atoms with E-state index in [0.29, 0.717) is 12.5 Å². The third-order valence-corrected chi connectivity index (χ3v) is 4.76. The van der Waals surface area contributed by atoms with Crippen molar-refractivity contribution >= 4 is 23.1 Å². The number of nitrogens with zero attached hydrogens (tertiary/aromatic N) is 3. The molecule has 0 aliphatic carbocycles. The second kappa shape index (κ2) is 9.78. The van der Waals surface area contributed by atoms with E-state index in [1.807, 2.05) is 37.3 Å². The van der Waals surface area contributed by atoms with Crippen LogP contribution >= 0.6 is 0 Å². The van der Waals surface area contributed by atoms with Crippen molar-refractivity contribution in [1.29, 1.82) is 0 Å². The highest BCUT2D eigenvalue weighted by molar-refractivity contribution is 5.60. The van der Waals surface area contributed by atoms with Crippen molar-refractivity contribution in [3.05, 3.63) is 65.9 Å². The van der Waals surface area contributed by atoms with Crippen LogP contribution in [0.3, 0.4) is 0 Å². The lowest BCUT2D eigenvalue weighted by Gasteiger charge is -2.21. The summed E-state index contributed by atoms with van der Waals surface area (Å²) >= 11 is 0. The lowest BCUT2D eigenvalue weighted by atomic mass is 10.2. The Labute approximate surface area is 173 Å². The molecule has 3 aromatic rings. The minimum absolute atomic E-state index is 0.572. The minimum atomic E-state index is 0.572. The standard InChI is InChI=1S/C23H29N5O/c1-5-28(6-2)20-13-11-19(12-14-20)26-23-25-17(3)15-22(27-23)24-16-18-9-7-8-10-21(18)29-4/h7-15H,5-6,16H2,1-4H3,(H2,24,25,26,27). The summed E-state index contributed by atoms with van der Waals surface area (Å²) in [7, 11) is 1.68. The molecule has 0 aliphatic rings. The van der Waals surface area contributed by atoms with Gasteiger partial charge in [0.1, 0.15) is 11.6 Å². The second-order valence-electron chi connectivity index (χ2n) is 6.73. The molecule has 0 fully saturated rings. The van der Waals surface area contributed by atoms with Crippen molar-refractivity contribution in [2.24, 2.45) is 0 Å². The number of ether oxygens (including phenoxy) is 1. The molecule has 2 aromatic carbocycles. The molecule has 2 N–H and O–H groups in total. The molecule has 3 rings (SSSR count). The van der Waals surface area contributed by atoms with Gasteiger partial charge in [0.05, 0.1) is 7.11 Å². The maximum absolute atomic E-state index is 5.41. The number of rotatable bonds is 9. The Morgan fingerprint density at radius 1 is 0.966 bits per heavy atom. The van der Waals surface area contributed by atoms with Crippen molar-refractivity contribution in [2.75, 3.05) is 35.7 Å². The fourth-order valence-corrected chi connectivity index (χ4v) is 3.22. The molecule has 1 aromatic heterocycles. The van der Waals surface area contributed by atoms with Crippen molar-refractivity contribution in [2.45, 2.75) is 27.3 Å². The van der Waals surface area contributed by atoms with Gasteiger partial charge in [0.15, 0.2) is 0 Å². The van der Waals surface area contributed by atoms with E-state index in [9.17, 15) is 0 Å². The van der Waals surface area contributed by atoms with Crippen LogP contribution in [0.15, 0.2) is 54.6 Å². The molecule has 6 nitrogen and oxygen atoms in total. The molecular formula is C23H29N5O. The number of methoxy groups -OCH3 is 1. The molecule has 0 aliphatic heterocycles. The highest BCUT2D eigenvalue weighted by Gasteiger charge is 2.06. The van der Waals surface area contributed by atoms with Crippen LogP contribution in [0.25, 0.3) is 0 Å². The van der Waals surface area contributed by atoms with E-state index in [4.69, 9.17) is 4.74 Å². The molecule has 152 valence electrons. The Morgan fingerprint density at radius 2 is 1.69 bits per heavy atom. The molecule has 1 heterocycles.